The first-order chi connectivity index (χ1) is 11.3. The Morgan fingerprint density at radius 3 is 2.38 bits per heavy atom. The predicted molar refractivity (Wildman–Crippen MR) is 94.9 cm³/mol. The molecule has 4 nitrogen and oxygen atoms in total. The minimum atomic E-state index is -0.202. The van der Waals surface area contributed by atoms with Crippen molar-refractivity contribution in [3.8, 4) is 0 Å². The molecular formula is C20H29NO3. The first-order valence-electron chi connectivity index (χ1n) is 8.79. The van der Waals surface area contributed by atoms with Crippen molar-refractivity contribution < 1.29 is 14.3 Å². The van der Waals surface area contributed by atoms with Crippen LogP contribution in [0.1, 0.15) is 54.2 Å². The molecule has 0 saturated heterocycles. The molecular weight excluding hydrogens is 302 g/mol. The van der Waals surface area contributed by atoms with E-state index in [1.807, 2.05) is 18.7 Å². The SMILES string of the molecule is CCOC(=O)Cc1c(C)c(C)c2c(c1C)CC(=O)N(CC(C)C)C2. The third kappa shape index (κ3) is 3.63. The van der Waals surface area contributed by atoms with Gasteiger partial charge in [-0.1, -0.05) is 13.8 Å². The lowest BCUT2D eigenvalue weighted by molar-refractivity contribution is -0.142. The Morgan fingerprint density at radius 2 is 1.79 bits per heavy atom. The number of rotatable bonds is 5. The van der Waals surface area contributed by atoms with E-state index < -0.39 is 0 Å². The second-order valence-electron chi connectivity index (χ2n) is 7.14. The third-order valence-electron chi connectivity index (χ3n) is 4.98. The number of nitrogens with zero attached hydrogens (tertiary/aromatic N) is 1. The summed E-state index contributed by atoms with van der Waals surface area (Å²) in [7, 11) is 0. The van der Waals surface area contributed by atoms with Gasteiger partial charge in [0.15, 0.2) is 0 Å². The molecule has 4 heteroatoms. The maximum atomic E-state index is 12.5. The van der Waals surface area contributed by atoms with Crippen LogP contribution >= 0.6 is 0 Å². The smallest absolute Gasteiger partial charge is 0.310 e. The highest BCUT2D eigenvalue weighted by Gasteiger charge is 2.28. The number of amides is 1. The normalized spacial score (nSPS) is 14.1. The minimum Gasteiger partial charge on any atom is -0.466 e. The standard InChI is InChI=1S/C20H29NO3/c1-7-24-20(23)9-16-13(4)14(5)18-11-21(10-12(2)3)19(22)8-17(18)15(16)6/h12H,7-11H2,1-6H3. The number of esters is 1. The van der Waals surface area contributed by atoms with Crippen LogP contribution in [-0.2, 0) is 33.7 Å². The van der Waals surface area contributed by atoms with Crippen LogP contribution in [0.15, 0.2) is 0 Å². The van der Waals surface area contributed by atoms with Gasteiger partial charge in [0.2, 0.25) is 5.91 Å². The summed E-state index contributed by atoms with van der Waals surface area (Å²) in [5.74, 6) is 0.442. The summed E-state index contributed by atoms with van der Waals surface area (Å²) in [5.41, 5.74) is 6.84. The molecule has 2 rings (SSSR count). The summed E-state index contributed by atoms with van der Waals surface area (Å²) in [4.78, 5) is 26.4. The number of ether oxygens (including phenoxy) is 1. The fourth-order valence-electron chi connectivity index (χ4n) is 3.59. The van der Waals surface area contributed by atoms with Gasteiger partial charge in [0.25, 0.3) is 0 Å². The summed E-state index contributed by atoms with van der Waals surface area (Å²) in [6.45, 7) is 14.2. The van der Waals surface area contributed by atoms with E-state index in [2.05, 4.69) is 27.7 Å². The highest BCUT2D eigenvalue weighted by atomic mass is 16.5. The second kappa shape index (κ2) is 7.37. The summed E-state index contributed by atoms with van der Waals surface area (Å²) in [6.07, 6.45) is 0.717. The quantitative estimate of drug-likeness (QED) is 0.778. The molecule has 0 radical (unpaired) electrons. The lowest BCUT2D eigenvalue weighted by Gasteiger charge is -2.33. The van der Waals surface area contributed by atoms with E-state index in [9.17, 15) is 9.59 Å². The van der Waals surface area contributed by atoms with Crippen LogP contribution in [0, 0.1) is 26.7 Å². The summed E-state index contributed by atoms with van der Waals surface area (Å²) < 4.78 is 5.11. The molecule has 1 aromatic carbocycles. The average Bonchev–Trinajstić information content (AvgIpc) is 2.51. The number of hydrogen-bond donors (Lipinski definition) is 0. The Hall–Kier alpha value is -1.84. The van der Waals surface area contributed by atoms with Crippen LogP contribution in [0.4, 0.5) is 0 Å². The van der Waals surface area contributed by atoms with Crippen molar-refractivity contribution in [2.75, 3.05) is 13.2 Å². The van der Waals surface area contributed by atoms with Crippen molar-refractivity contribution >= 4 is 11.9 Å². The maximum Gasteiger partial charge on any atom is 0.310 e. The summed E-state index contributed by atoms with van der Waals surface area (Å²) >= 11 is 0. The first-order valence-corrected chi connectivity index (χ1v) is 8.79. The molecule has 0 saturated carbocycles. The molecule has 1 heterocycles. The third-order valence-corrected chi connectivity index (χ3v) is 4.98. The minimum absolute atomic E-state index is 0.185. The molecule has 1 amide bonds. The first kappa shape index (κ1) is 18.5. The van der Waals surface area contributed by atoms with Gasteiger partial charge in [-0.3, -0.25) is 9.59 Å². The van der Waals surface area contributed by atoms with Gasteiger partial charge in [-0.25, -0.2) is 0 Å². The Bertz CT molecular complexity index is 662. The number of carbonyl (C=O) groups excluding carboxylic acids is 2. The molecule has 1 aromatic rings. The summed E-state index contributed by atoms with van der Waals surface area (Å²) in [6, 6.07) is 0. The molecule has 1 aliphatic rings. The van der Waals surface area contributed by atoms with Crippen molar-refractivity contribution in [2.45, 2.75) is 60.9 Å². The van der Waals surface area contributed by atoms with Crippen molar-refractivity contribution in [2.24, 2.45) is 5.92 Å². The second-order valence-corrected chi connectivity index (χ2v) is 7.14. The van der Waals surface area contributed by atoms with Crippen molar-refractivity contribution in [1.82, 2.24) is 4.90 Å². The van der Waals surface area contributed by atoms with E-state index in [0.29, 0.717) is 25.5 Å². The monoisotopic (exact) mass is 331 g/mol. The predicted octanol–water partition coefficient (Wildman–Crippen LogP) is 3.26. The molecule has 0 N–H and O–H groups in total. The van der Waals surface area contributed by atoms with Gasteiger partial charge in [0, 0.05) is 13.1 Å². The van der Waals surface area contributed by atoms with Gasteiger partial charge >= 0.3 is 5.97 Å². The fraction of sp³-hybridized carbons (Fsp3) is 0.600. The highest BCUT2D eigenvalue weighted by molar-refractivity contribution is 5.83. The molecule has 24 heavy (non-hydrogen) atoms. The van der Waals surface area contributed by atoms with Gasteiger partial charge in [0.05, 0.1) is 19.4 Å². The van der Waals surface area contributed by atoms with Gasteiger partial charge in [0.1, 0.15) is 0 Å². The fourth-order valence-corrected chi connectivity index (χ4v) is 3.59. The van der Waals surface area contributed by atoms with E-state index in [1.54, 1.807) is 0 Å². The van der Waals surface area contributed by atoms with Crippen molar-refractivity contribution in [3.63, 3.8) is 0 Å². The van der Waals surface area contributed by atoms with Crippen LogP contribution in [0.25, 0.3) is 0 Å². The Balaban J connectivity index is 2.42. The van der Waals surface area contributed by atoms with Crippen LogP contribution in [0.3, 0.4) is 0 Å². The van der Waals surface area contributed by atoms with Crippen LogP contribution in [0.2, 0.25) is 0 Å². The zero-order valence-corrected chi connectivity index (χ0v) is 15.8. The molecule has 0 fully saturated rings. The highest BCUT2D eigenvalue weighted by Crippen LogP contribution is 2.32. The van der Waals surface area contributed by atoms with Gasteiger partial charge in [-0.2, -0.15) is 0 Å². The topological polar surface area (TPSA) is 46.6 Å². The van der Waals surface area contributed by atoms with Gasteiger partial charge < -0.3 is 9.64 Å². The number of benzene rings is 1. The number of fused-ring (bicyclic) bond motifs is 1. The number of hydrogen-bond acceptors (Lipinski definition) is 3. The van der Waals surface area contributed by atoms with E-state index in [-0.39, 0.29) is 18.3 Å². The zero-order valence-electron chi connectivity index (χ0n) is 15.8. The molecule has 1 aliphatic heterocycles. The van der Waals surface area contributed by atoms with E-state index in [1.165, 1.54) is 11.1 Å². The molecule has 0 spiro atoms. The van der Waals surface area contributed by atoms with Crippen LogP contribution in [0.5, 0.6) is 0 Å². The molecule has 132 valence electrons. The number of carbonyl (C=O) groups is 2. The molecule has 0 atom stereocenters. The summed E-state index contributed by atoms with van der Waals surface area (Å²) in [5, 5.41) is 0. The zero-order chi connectivity index (χ0) is 18.0. The van der Waals surface area contributed by atoms with E-state index in [4.69, 9.17) is 4.74 Å². The largest absolute Gasteiger partial charge is 0.466 e. The maximum absolute atomic E-state index is 12.5. The van der Waals surface area contributed by atoms with Crippen molar-refractivity contribution in [3.05, 3.63) is 33.4 Å². The van der Waals surface area contributed by atoms with Gasteiger partial charge in [-0.05, 0) is 67.0 Å². The van der Waals surface area contributed by atoms with Crippen molar-refractivity contribution in [1.29, 1.82) is 0 Å². The molecule has 0 aromatic heterocycles. The molecule has 0 unspecified atom stereocenters. The lowest BCUT2D eigenvalue weighted by atomic mass is 9.83. The molecule has 0 bridgehead atoms. The van der Waals surface area contributed by atoms with E-state index in [0.717, 1.165) is 28.8 Å². The van der Waals surface area contributed by atoms with Crippen LogP contribution in [-0.4, -0.2) is 29.9 Å². The van der Waals surface area contributed by atoms with Crippen LogP contribution < -0.4 is 0 Å². The Morgan fingerprint density at radius 1 is 1.12 bits per heavy atom. The Kier molecular flexibility index (Phi) is 5.68. The lowest BCUT2D eigenvalue weighted by Crippen LogP contribution is -2.39. The molecule has 0 aliphatic carbocycles. The Labute approximate surface area is 145 Å². The van der Waals surface area contributed by atoms with E-state index >= 15 is 0 Å². The average molecular weight is 331 g/mol. The van der Waals surface area contributed by atoms with Gasteiger partial charge in [-0.15, -0.1) is 0 Å².